The average molecular weight is 222 g/mol. The van der Waals surface area contributed by atoms with E-state index in [4.69, 9.17) is 10.3 Å². The Labute approximate surface area is 95.6 Å². The number of hydrogen-bond acceptors (Lipinski definition) is 2. The lowest BCUT2D eigenvalue weighted by Gasteiger charge is -2.50. The predicted molar refractivity (Wildman–Crippen MR) is 58.9 cm³/mol. The molecule has 0 amide bonds. The lowest BCUT2D eigenvalue weighted by molar-refractivity contribution is -0.170. The van der Waals surface area contributed by atoms with E-state index in [1.807, 2.05) is 20.8 Å². The van der Waals surface area contributed by atoms with E-state index in [1.54, 1.807) is 0 Å². The first-order valence-electron chi connectivity index (χ1n) is 5.76. The summed E-state index contributed by atoms with van der Waals surface area (Å²) in [6, 6.07) is 0. The van der Waals surface area contributed by atoms with E-state index in [0.717, 1.165) is 31.4 Å². The minimum absolute atomic E-state index is 0.0551. The fourth-order valence-electron chi connectivity index (χ4n) is 2.71. The highest BCUT2D eigenvalue weighted by Gasteiger charge is 2.57. The molecule has 0 heterocycles. The molecular weight excluding hydrogens is 204 g/mol. The van der Waals surface area contributed by atoms with Gasteiger partial charge in [0.05, 0.1) is 18.8 Å². The van der Waals surface area contributed by atoms with Gasteiger partial charge in [-0.2, -0.15) is 4.79 Å². The summed E-state index contributed by atoms with van der Waals surface area (Å²) in [6.45, 7) is 5.66. The molecule has 0 aliphatic heterocycles. The van der Waals surface area contributed by atoms with Crippen molar-refractivity contribution in [1.29, 1.82) is 0 Å². The third-order valence-corrected chi connectivity index (χ3v) is 3.40. The molecule has 0 bridgehead atoms. The topological polar surface area (TPSA) is 62.7 Å². The molecule has 0 aromatic carbocycles. The second-order valence-electron chi connectivity index (χ2n) is 6.16. The number of esters is 1. The summed E-state index contributed by atoms with van der Waals surface area (Å²) in [6.07, 6.45) is 3.48. The lowest BCUT2D eigenvalue weighted by atomic mass is 9.51. The van der Waals surface area contributed by atoms with Crippen LogP contribution in [0.25, 0.3) is 5.53 Å². The van der Waals surface area contributed by atoms with Crippen molar-refractivity contribution < 1.29 is 14.3 Å². The highest BCUT2D eigenvalue weighted by Crippen LogP contribution is 2.57. The Morgan fingerprint density at radius 2 is 2.00 bits per heavy atom. The monoisotopic (exact) mass is 222 g/mol. The maximum atomic E-state index is 11.7. The van der Waals surface area contributed by atoms with E-state index in [9.17, 15) is 4.79 Å². The standard InChI is InChI=1S/C12H18N2O2/c1-11(2,3)16-10(15)8-4-12(5-8)6-9(7-12)14-13/h8H,4-7H2,1-3H3. The van der Waals surface area contributed by atoms with Gasteiger partial charge in [-0.3, -0.25) is 4.79 Å². The van der Waals surface area contributed by atoms with Gasteiger partial charge in [-0.15, -0.1) is 0 Å². The van der Waals surface area contributed by atoms with Crippen LogP contribution in [0.15, 0.2) is 0 Å². The Kier molecular flexibility index (Phi) is 2.43. The van der Waals surface area contributed by atoms with Gasteiger partial charge in [0, 0.05) is 0 Å². The zero-order valence-electron chi connectivity index (χ0n) is 10.1. The molecule has 0 aromatic heterocycles. The predicted octanol–water partition coefficient (Wildman–Crippen LogP) is 2.19. The van der Waals surface area contributed by atoms with Crippen LogP contribution in [-0.2, 0) is 9.53 Å². The molecule has 1 spiro atoms. The first kappa shape index (κ1) is 11.3. The van der Waals surface area contributed by atoms with Crippen LogP contribution < -0.4 is 0 Å². The van der Waals surface area contributed by atoms with Gasteiger partial charge in [-0.05, 0) is 39.0 Å². The molecule has 2 rings (SSSR count). The summed E-state index contributed by atoms with van der Waals surface area (Å²) in [5.41, 5.74) is 9.29. The SMILES string of the molecule is CC(C)(C)OC(=O)C1CC2(CC(=[N+]=[N-])C2)C1. The van der Waals surface area contributed by atoms with Gasteiger partial charge >= 0.3 is 5.97 Å². The van der Waals surface area contributed by atoms with E-state index >= 15 is 0 Å². The molecule has 2 fully saturated rings. The van der Waals surface area contributed by atoms with Gasteiger partial charge in [-0.1, -0.05) is 0 Å². The summed E-state index contributed by atoms with van der Waals surface area (Å²) >= 11 is 0. The Bertz CT molecular complexity index is 359. The van der Waals surface area contributed by atoms with Crippen LogP contribution >= 0.6 is 0 Å². The maximum absolute atomic E-state index is 11.7. The smallest absolute Gasteiger partial charge is 0.309 e. The highest BCUT2D eigenvalue weighted by molar-refractivity contribution is 5.88. The van der Waals surface area contributed by atoms with Gasteiger partial charge in [0.2, 0.25) is 0 Å². The van der Waals surface area contributed by atoms with Crippen LogP contribution in [0.1, 0.15) is 46.5 Å². The minimum Gasteiger partial charge on any atom is -0.460 e. The molecule has 2 aliphatic rings. The van der Waals surface area contributed by atoms with E-state index in [1.165, 1.54) is 0 Å². The second-order valence-corrected chi connectivity index (χ2v) is 6.16. The van der Waals surface area contributed by atoms with Crippen molar-refractivity contribution in [2.24, 2.45) is 11.3 Å². The van der Waals surface area contributed by atoms with Crippen molar-refractivity contribution in [2.45, 2.75) is 52.1 Å². The lowest BCUT2D eigenvalue weighted by Crippen LogP contribution is -2.51. The first-order valence-corrected chi connectivity index (χ1v) is 5.76. The second kappa shape index (κ2) is 3.42. The van der Waals surface area contributed by atoms with Crippen LogP contribution in [0.3, 0.4) is 0 Å². The zero-order chi connectivity index (χ0) is 12.0. The molecule has 0 saturated heterocycles. The fraction of sp³-hybridized carbons (Fsp3) is 0.833. The number of carbonyl (C=O) groups is 1. The van der Waals surface area contributed by atoms with E-state index in [-0.39, 0.29) is 17.3 Å². The number of hydrogen-bond donors (Lipinski definition) is 0. The quantitative estimate of drug-likeness (QED) is 0.388. The fourth-order valence-corrected chi connectivity index (χ4v) is 2.71. The van der Waals surface area contributed by atoms with Crippen LogP contribution in [0, 0.1) is 11.3 Å². The molecule has 0 atom stereocenters. The van der Waals surface area contributed by atoms with Gasteiger partial charge in [0.1, 0.15) is 5.60 Å². The van der Waals surface area contributed by atoms with Gasteiger partial charge in [0.15, 0.2) is 0 Å². The third-order valence-electron chi connectivity index (χ3n) is 3.40. The van der Waals surface area contributed by atoms with Crippen LogP contribution in [-0.4, -0.2) is 22.1 Å². The van der Waals surface area contributed by atoms with Crippen LogP contribution in [0.4, 0.5) is 0 Å². The Morgan fingerprint density at radius 3 is 2.44 bits per heavy atom. The normalized spacial score (nSPS) is 32.7. The summed E-state index contributed by atoms with van der Waals surface area (Å²) in [4.78, 5) is 14.9. The number of nitrogens with zero attached hydrogens (tertiary/aromatic N) is 2. The third kappa shape index (κ3) is 2.03. The van der Waals surface area contributed by atoms with E-state index in [2.05, 4.69) is 4.79 Å². The van der Waals surface area contributed by atoms with Crippen molar-refractivity contribution in [1.82, 2.24) is 0 Å². The number of rotatable bonds is 1. The maximum Gasteiger partial charge on any atom is 0.309 e. The Morgan fingerprint density at radius 1 is 1.44 bits per heavy atom. The molecular formula is C12H18N2O2. The van der Waals surface area contributed by atoms with Crippen molar-refractivity contribution in [2.75, 3.05) is 0 Å². The molecule has 4 heteroatoms. The van der Waals surface area contributed by atoms with E-state index in [0.29, 0.717) is 0 Å². The van der Waals surface area contributed by atoms with Crippen LogP contribution in [0.2, 0.25) is 0 Å². The number of ether oxygens (including phenoxy) is 1. The summed E-state index contributed by atoms with van der Waals surface area (Å²) in [5.74, 6) is -0.0213. The largest absolute Gasteiger partial charge is 0.460 e. The molecule has 16 heavy (non-hydrogen) atoms. The molecule has 2 saturated carbocycles. The average Bonchev–Trinajstić information content (AvgIpc) is 1.95. The molecule has 88 valence electrons. The molecule has 0 unspecified atom stereocenters. The molecule has 0 aromatic rings. The van der Waals surface area contributed by atoms with E-state index < -0.39 is 5.60 Å². The highest BCUT2D eigenvalue weighted by atomic mass is 16.6. The first-order chi connectivity index (χ1) is 7.34. The zero-order valence-corrected chi connectivity index (χ0v) is 10.1. The molecule has 0 N–H and O–H groups in total. The van der Waals surface area contributed by atoms with Gasteiger partial charge in [-0.25, -0.2) is 0 Å². The Hall–Kier alpha value is -1.15. The minimum atomic E-state index is -0.392. The van der Waals surface area contributed by atoms with Gasteiger partial charge < -0.3 is 10.3 Å². The summed E-state index contributed by atoms with van der Waals surface area (Å²) in [5, 5.41) is 0. The van der Waals surface area contributed by atoms with Gasteiger partial charge in [0.25, 0.3) is 5.71 Å². The van der Waals surface area contributed by atoms with Crippen molar-refractivity contribution in [3.63, 3.8) is 0 Å². The van der Waals surface area contributed by atoms with Crippen molar-refractivity contribution in [3.8, 4) is 0 Å². The summed E-state index contributed by atoms with van der Waals surface area (Å²) in [7, 11) is 0. The molecule has 0 radical (unpaired) electrons. The van der Waals surface area contributed by atoms with Crippen molar-refractivity contribution >= 4 is 11.7 Å². The van der Waals surface area contributed by atoms with Crippen LogP contribution in [0.5, 0.6) is 0 Å². The summed E-state index contributed by atoms with van der Waals surface area (Å²) < 4.78 is 5.34. The Balaban J connectivity index is 1.81. The molecule has 2 aliphatic carbocycles. The molecule has 4 nitrogen and oxygen atoms in total. The van der Waals surface area contributed by atoms with Crippen molar-refractivity contribution in [3.05, 3.63) is 5.53 Å². The number of carbonyl (C=O) groups excluding carboxylic acids is 1.